The van der Waals surface area contributed by atoms with Gasteiger partial charge in [-0.1, -0.05) is 214 Å². The topological polar surface area (TPSA) is 90.0 Å². The van der Waals surface area contributed by atoms with Crippen molar-refractivity contribution in [2.24, 2.45) is 0 Å². The molecule has 0 heterocycles. The maximum atomic E-state index is 2.33. The van der Waals surface area contributed by atoms with Crippen LogP contribution in [0, 0.1) is 0 Å². The van der Waals surface area contributed by atoms with E-state index >= 15 is 0 Å². The van der Waals surface area contributed by atoms with Crippen LogP contribution in [0.2, 0.25) is 0 Å². The number of hydrogen-bond acceptors (Lipinski definition) is 3. The van der Waals surface area contributed by atoms with Crippen molar-refractivity contribution < 1.29 is 39.1 Å². The van der Waals surface area contributed by atoms with Crippen LogP contribution < -0.4 is 4.70 Å². The Hall–Kier alpha value is -0.350. The highest BCUT2D eigenvalue weighted by Crippen LogP contribution is 2.20. The highest BCUT2D eigenvalue weighted by Gasteiger charge is 2.28. The van der Waals surface area contributed by atoms with E-state index in [1.54, 1.807) is 0 Å². The SMILES string of the molecule is CCCC[N+](CCCC)(CCCC)CCCC.CCCC[N+](CCCC)(CCCC)CCCC.CCCC[N+](CCCC)(CCCC)CCCC.CCCC[N+](CCCC)(CCCC)CCCC.[F-].[OH-].[OH-].[OH-]. The third kappa shape index (κ3) is 51.7. The monoisotopic (exact) mass is 1040 g/mol. The number of unbranched alkanes of at least 4 members (excludes halogenated alkanes) is 16. The number of quaternary nitrogens is 4. The van der Waals surface area contributed by atoms with Gasteiger partial charge in [0.05, 0.1) is 105 Å². The van der Waals surface area contributed by atoms with Gasteiger partial charge in [-0.2, -0.15) is 0 Å². The zero-order valence-corrected chi connectivity index (χ0v) is 53.4. The molecule has 0 aliphatic carbocycles. The summed E-state index contributed by atoms with van der Waals surface area (Å²) in [6, 6.07) is 0. The zero-order valence-electron chi connectivity index (χ0n) is 53.4. The fraction of sp³-hybridized carbons (Fsp3) is 1.00. The molecule has 0 rings (SSSR count). The van der Waals surface area contributed by atoms with E-state index < -0.39 is 0 Å². The molecule has 0 bridgehead atoms. The lowest BCUT2D eigenvalue weighted by Gasteiger charge is -2.39. The Kier molecular flexibility index (Phi) is 81.9. The predicted molar refractivity (Wildman–Crippen MR) is 323 cm³/mol. The summed E-state index contributed by atoms with van der Waals surface area (Å²) >= 11 is 0. The van der Waals surface area contributed by atoms with E-state index in [0.29, 0.717) is 0 Å². The second-order valence-electron chi connectivity index (χ2n) is 22.6. The van der Waals surface area contributed by atoms with Crippen molar-refractivity contribution in [1.82, 2.24) is 0 Å². The Bertz CT molecular complexity index is 634. The van der Waals surface area contributed by atoms with E-state index in [0.717, 1.165) is 0 Å². The summed E-state index contributed by atoms with van der Waals surface area (Å²) < 4.78 is 5.68. The van der Waals surface area contributed by atoms with Gasteiger partial charge in [0, 0.05) is 0 Å². The van der Waals surface area contributed by atoms with E-state index in [2.05, 4.69) is 111 Å². The molecule has 0 aliphatic rings. The molecule has 0 saturated heterocycles. The van der Waals surface area contributed by atoms with Gasteiger partial charge in [0.2, 0.25) is 0 Å². The molecule has 0 radical (unpaired) electrons. The van der Waals surface area contributed by atoms with Crippen molar-refractivity contribution >= 4 is 0 Å². The Balaban J connectivity index is -0.000000124. The fourth-order valence-electron chi connectivity index (χ4n) is 10.6. The van der Waals surface area contributed by atoms with Crippen molar-refractivity contribution in [2.45, 2.75) is 316 Å². The Morgan fingerprint density at radius 3 is 0.236 bits per heavy atom. The lowest BCUT2D eigenvalue weighted by Crippen LogP contribution is -3.00. The first-order chi connectivity index (χ1) is 33.0. The lowest BCUT2D eigenvalue weighted by molar-refractivity contribution is -0.929. The standard InChI is InChI=1S/4C16H36N.FH.3H2O/c4*1-5-9-13-17(14-10-6-2,15-11-7-3)16-12-8-4;;;;/h4*5-16H2,1-4H3;1H;3*1H2/q4*+1;;;;/p-4. The maximum absolute atomic E-state index is 2.33. The maximum Gasteiger partial charge on any atom is 0.0786 e. The van der Waals surface area contributed by atoms with E-state index in [1.165, 1.54) is 328 Å². The highest BCUT2D eigenvalue weighted by molar-refractivity contribution is 4.53. The van der Waals surface area contributed by atoms with Crippen molar-refractivity contribution in [3.63, 3.8) is 0 Å². The summed E-state index contributed by atoms with van der Waals surface area (Å²) in [7, 11) is 0. The molecule has 0 aliphatic heterocycles. The number of rotatable bonds is 48. The van der Waals surface area contributed by atoms with Crippen molar-refractivity contribution in [3.05, 3.63) is 0 Å². The zero-order chi connectivity index (χ0) is 51.9. The summed E-state index contributed by atoms with van der Waals surface area (Å²) in [5, 5.41) is 0. The molecular formula is C64H147FN4O3. The molecule has 0 atom stereocenters. The average Bonchev–Trinajstić information content (AvgIpc) is 3.37. The molecule has 7 nitrogen and oxygen atoms in total. The molecule has 0 unspecified atom stereocenters. The number of hydrogen-bond donors (Lipinski definition) is 0. The molecule has 0 fully saturated rings. The number of halogens is 1. The Labute approximate surface area is 458 Å². The molecule has 0 aromatic carbocycles. The normalized spacial score (nSPS) is 11.3. The van der Waals surface area contributed by atoms with Crippen LogP contribution in [-0.2, 0) is 0 Å². The second-order valence-corrected chi connectivity index (χ2v) is 22.6. The molecule has 8 heteroatoms. The van der Waals surface area contributed by atoms with Crippen LogP contribution in [0.15, 0.2) is 0 Å². The molecule has 0 spiro atoms. The smallest absolute Gasteiger partial charge is 0.0786 e. The molecule has 0 aromatic rings. The summed E-state index contributed by atoms with van der Waals surface area (Å²) in [5.41, 5.74) is 0. The van der Waals surface area contributed by atoms with Gasteiger partial charge in [0.1, 0.15) is 0 Å². The van der Waals surface area contributed by atoms with E-state index in [1.807, 2.05) is 0 Å². The van der Waals surface area contributed by atoms with Gasteiger partial charge in [-0.05, 0) is 103 Å². The second kappa shape index (κ2) is 66.8. The van der Waals surface area contributed by atoms with Gasteiger partial charge >= 0.3 is 0 Å². The van der Waals surface area contributed by atoms with Crippen LogP contribution >= 0.6 is 0 Å². The minimum atomic E-state index is 0. The summed E-state index contributed by atoms with van der Waals surface area (Å²) in [6.45, 7) is 60.1. The fourth-order valence-corrected chi connectivity index (χ4v) is 10.6. The van der Waals surface area contributed by atoms with Crippen molar-refractivity contribution in [3.8, 4) is 0 Å². The largest absolute Gasteiger partial charge is 1.00 e. The summed E-state index contributed by atoms with van der Waals surface area (Å²) in [6.07, 6.45) is 44.2. The van der Waals surface area contributed by atoms with Crippen LogP contribution in [0.25, 0.3) is 0 Å². The molecule has 3 N–H and O–H groups in total. The summed E-state index contributed by atoms with van der Waals surface area (Å²) in [5.74, 6) is 0. The molecular weight excluding hydrogens is 892 g/mol. The Morgan fingerprint density at radius 2 is 0.194 bits per heavy atom. The van der Waals surface area contributed by atoms with Gasteiger partial charge in [-0.25, -0.2) is 0 Å². The van der Waals surface area contributed by atoms with Crippen LogP contribution in [0.5, 0.6) is 0 Å². The quantitative estimate of drug-likeness (QED) is 0.0569. The van der Waals surface area contributed by atoms with Gasteiger partial charge in [-0.3, -0.25) is 0 Å². The predicted octanol–water partition coefficient (Wildman–Crippen LogP) is 16.5. The minimum absolute atomic E-state index is 0. The first-order valence-electron chi connectivity index (χ1n) is 32.4. The van der Waals surface area contributed by atoms with Gasteiger partial charge in [0.15, 0.2) is 0 Å². The molecule has 72 heavy (non-hydrogen) atoms. The van der Waals surface area contributed by atoms with Crippen LogP contribution in [-0.4, -0.2) is 139 Å². The first-order valence-corrected chi connectivity index (χ1v) is 32.4. The molecule has 0 aromatic heterocycles. The summed E-state index contributed by atoms with van der Waals surface area (Å²) in [4.78, 5) is 0. The van der Waals surface area contributed by atoms with Crippen LogP contribution in [0.1, 0.15) is 316 Å². The van der Waals surface area contributed by atoms with Gasteiger partial charge in [0.25, 0.3) is 0 Å². The van der Waals surface area contributed by atoms with Gasteiger partial charge < -0.3 is 39.1 Å². The highest BCUT2D eigenvalue weighted by atomic mass is 19.0. The molecule has 0 amide bonds. The first kappa shape index (κ1) is 88.3. The molecule has 448 valence electrons. The number of nitrogens with zero attached hydrogens (tertiary/aromatic N) is 4. The van der Waals surface area contributed by atoms with Crippen LogP contribution in [0.3, 0.4) is 0 Å². The van der Waals surface area contributed by atoms with Crippen molar-refractivity contribution in [2.75, 3.05) is 105 Å². The van der Waals surface area contributed by atoms with E-state index in [4.69, 9.17) is 0 Å². The molecule has 0 saturated carbocycles. The minimum Gasteiger partial charge on any atom is -1.00 e. The van der Waals surface area contributed by atoms with E-state index in [9.17, 15) is 0 Å². The third-order valence-corrected chi connectivity index (χ3v) is 15.8. The van der Waals surface area contributed by atoms with Crippen molar-refractivity contribution in [1.29, 1.82) is 0 Å². The van der Waals surface area contributed by atoms with Gasteiger partial charge in [-0.15, -0.1) is 0 Å². The average molecular weight is 1040 g/mol. The lowest BCUT2D eigenvalue weighted by atomic mass is 10.1. The third-order valence-electron chi connectivity index (χ3n) is 15.8. The Morgan fingerprint density at radius 1 is 0.139 bits per heavy atom. The van der Waals surface area contributed by atoms with Crippen LogP contribution in [0.4, 0.5) is 0 Å². The van der Waals surface area contributed by atoms with E-state index in [-0.39, 0.29) is 21.1 Å².